The minimum absolute atomic E-state index is 0.310. The van der Waals surface area contributed by atoms with Crippen LogP contribution in [0.1, 0.15) is 24.1 Å². The van der Waals surface area contributed by atoms with E-state index >= 15 is 0 Å². The van der Waals surface area contributed by atoms with Crippen LogP contribution in [-0.4, -0.2) is 10.9 Å². The number of nitriles is 1. The zero-order valence-electron chi connectivity index (χ0n) is 10.4. The van der Waals surface area contributed by atoms with Crippen LogP contribution in [0.25, 0.3) is 0 Å². The van der Waals surface area contributed by atoms with E-state index in [0.29, 0.717) is 22.7 Å². The highest BCUT2D eigenvalue weighted by Crippen LogP contribution is 2.45. The van der Waals surface area contributed by atoms with Crippen molar-refractivity contribution in [2.45, 2.75) is 13.0 Å². The third-order valence-corrected chi connectivity index (χ3v) is 4.76. The first kappa shape index (κ1) is 12.5. The number of nitrogens with zero attached hydrogens (tertiary/aromatic N) is 3. The molecule has 2 atom stereocenters. The SMILES string of the molecule is CC1CN(c2snc(Cl)c2C#N)C1c1ccccc1. The maximum atomic E-state index is 9.18. The molecule has 3 nitrogen and oxygen atoms in total. The second kappa shape index (κ2) is 4.84. The summed E-state index contributed by atoms with van der Waals surface area (Å²) in [7, 11) is 0. The molecule has 2 heterocycles. The normalized spacial score (nSPS) is 21.8. The predicted octanol–water partition coefficient (Wildman–Crippen LogP) is 3.87. The summed E-state index contributed by atoms with van der Waals surface area (Å²) in [6.07, 6.45) is 0. The zero-order chi connectivity index (χ0) is 13.4. The molecule has 96 valence electrons. The Morgan fingerprint density at radius 3 is 2.79 bits per heavy atom. The number of aromatic nitrogens is 1. The van der Waals surface area contributed by atoms with Crippen molar-refractivity contribution in [1.29, 1.82) is 5.26 Å². The molecule has 0 radical (unpaired) electrons. The van der Waals surface area contributed by atoms with Crippen LogP contribution < -0.4 is 4.90 Å². The number of anilines is 1. The van der Waals surface area contributed by atoms with Gasteiger partial charge in [0.1, 0.15) is 16.6 Å². The van der Waals surface area contributed by atoms with Gasteiger partial charge in [-0.3, -0.25) is 0 Å². The number of halogens is 1. The predicted molar refractivity (Wildman–Crippen MR) is 77.5 cm³/mol. The minimum Gasteiger partial charge on any atom is -0.353 e. The number of hydrogen-bond acceptors (Lipinski definition) is 4. The van der Waals surface area contributed by atoms with Crippen molar-refractivity contribution in [2.75, 3.05) is 11.4 Å². The molecule has 1 aliphatic rings. The Kier molecular flexibility index (Phi) is 3.17. The van der Waals surface area contributed by atoms with Gasteiger partial charge >= 0.3 is 0 Å². The van der Waals surface area contributed by atoms with Crippen molar-refractivity contribution in [3.8, 4) is 6.07 Å². The van der Waals surface area contributed by atoms with Crippen molar-refractivity contribution in [3.63, 3.8) is 0 Å². The molecule has 3 rings (SSSR count). The minimum atomic E-state index is 0.310. The highest BCUT2D eigenvalue weighted by Gasteiger charge is 2.39. The van der Waals surface area contributed by atoms with Crippen LogP contribution in [0.2, 0.25) is 5.15 Å². The van der Waals surface area contributed by atoms with E-state index < -0.39 is 0 Å². The molecule has 0 N–H and O–H groups in total. The van der Waals surface area contributed by atoms with Crippen LogP contribution in [0.15, 0.2) is 30.3 Å². The van der Waals surface area contributed by atoms with Gasteiger partial charge in [0.25, 0.3) is 0 Å². The van der Waals surface area contributed by atoms with Gasteiger partial charge in [0.05, 0.1) is 6.04 Å². The third-order valence-electron chi connectivity index (χ3n) is 3.51. The highest BCUT2D eigenvalue weighted by molar-refractivity contribution is 7.10. The number of rotatable bonds is 2. The summed E-state index contributed by atoms with van der Waals surface area (Å²) in [5, 5.41) is 10.4. The summed E-state index contributed by atoms with van der Waals surface area (Å²) < 4.78 is 4.09. The largest absolute Gasteiger partial charge is 0.353 e. The number of hydrogen-bond donors (Lipinski definition) is 0. The summed E-state index contributed by atoms with van der Waals surface area (Å²) in [4.78, 5) is 2.22. The summed E-state index contributed by atoms with van der Waals surface area (Å²) in [5.74, 6) is 0.565. The summed E-state index contributed by atoms with van der Waals surface area (Å²) in [6, 6.07) is 12.8. The fourth-order valence-corrected chi connectivity index (χ4v) is 3.69. The molecular weight excluding hydrogens is 278 g/mol. The first-order chi connectivity index (χ1) is 9.22. The first-order valence-electron chi connectivity index (χ1n) is 6.09. The van der Waals surface area contributed by atoms with Gasteiger partial charge in [0.15, 0.2) is 5.15 Å². The van der Waals surface area contributed by atoms with Gasteiger partial charge in [-0.1, -0.05) is 48.9 Å². The molecule has 2 aromatic rings. The van der Waals surface area contributed by atoms with Crippen molar-refractivity contribution < 1.29 is 0 Å². The topological polar surface area (TPSA) is 39.9 Å². The molecule has 0 saturated carbocycles. The van der Waals surface area contributed by atoms with E-state index in [4.69, 9.17) is 11.6 Å². The third kappa shape index (κ3) is 1.99. The average molecular weight is 290 g/mol. The second-order valence-corrected chi connectivity index (χ2v) is 5.86. The molecule has 0 bridgehead atoms. The van der Waals surface area contributed by atoms with Crippen molar-refractivity contribution in [2.24, 2.45) is 5.92 Å². The Morgan fingerprint density at radius 1 is 1.42 bits per heavy atom. The van der Waals surface area contributed by atoms with Crippen LogP contribution in [0.5, 0.6) is 0 Å². The van der Waals surface area contributed by atoms with Crippen LogP contribution >= 0.6 is 23.1 Å². The average Bonchev–Trinajstić information content (AvgIpc) is 2.77. The Labute approximate surface area is 121 Å². The molecule has 1 aromatic heterocycles. The summed E-state index contributed by atoms with van der Waals surface area (Å²) in [5.41, 5.74) is 1.77. The van der Waals surface area contributed by atoms with E-state index in [1.54, 1.807) is 0 Å². The van der Waals surface area contributed by atoms with Gasteiger partial charge in [-0.05, 0) is 23.0 Å². The maximum absolute atomic E-state index is 9.18. The van der Waals surface area contributed by atoms with Crippen LogP contribution in [0.4, 0.5) is 5.00 Å². The molecule has 1 fully saturated rings. The van der Waals surface area contributed by atoms with E-state index in [-0.39, 0.29) is 0 Å². The standard InChI is InChI=1S/C14H12ClN3S/c1-9-8-18(12(9)10-5-3-2-4-6-10)14-11(7-16)13(15)17-19-14/h2-6,9,12H,8H2,1H3. The molecule has 19 heavy (non-hydrogen) atoms. The molecule has 0 spiro atoms. The Bertz CT molecular complexity index is 632. The zero-order valence-corrected chi connectivity index (χ0v) is 11.9. The monoisotopic (exact) mass is 289 g/mol. The fourth-order valence-electron chi connectivity index (χ4n) is 2.61. The lowest BCUT2D eigenvalue weighted by molar-refractivity contribution is 0.327. The second-order valence-electron chi connectivity index (χ2n) is 4.75. The summed E-state index contributed by atoms with van der Waals surface area (Å²) in [6.45, 7) is 3.16. The van der Waals surface area contributed by atoms with Crippen LogP contribution in [0.3, 0.4) is 0 Å². The van der Waals surface area contributed by atoms with Crippen molar-refractivity contribution in [1.82, 2.24) is 4.37 Å². The lowest BCUT2D eigenvalue weighted by Crippen LogP contribution is -2.48. The van der Waals surface area contributed by atoms with Gasteiger partial charge in [-0.25, -0.2) is 0 Å². The smallest absolute Gasteiger partial charge is 0.162 e. The van der Waals surface area contributed by atoms with Gasteiger partial charge in [-0.15, -0.1) is 0 Å². The lowest BCUT2D eigenvalue weighted by atomic mass is 9.85. The van der Waals surface area contributed by atoms with Crippen LogP contribution in [0, 0.1) is 17.2 Å². The molecule has 1 saturated heterocycles. The van der Waals surface area contributed by atoms with Crippen molar-refractivity contribution in [3.05, 3.63) is 46.6 Å². The molecule has 0 aliphatic carbocycles. The van der Waals surface area contributed by atoms with Crippen LogP contribution in [-0.2, 0) is 0 Å². The Balaban J connectivity index is 1.96. The van der Waals surface area contributed by atoms with Gasteiger partial charge in [0.2, 0.25) is 0 Å². The quantitative estimate of drug-likeness (QED) is 0.843. The van der Waals surface area contributed by atoms with E-state index in [9.17, 15) is 5.26 Å². The molecule has 1 aromatic carbocycles. The van der Waals surface area contributed by atoms with Gasteiger partial charge < -0.3 is 4.90 Å². The van der Waals surface area contributed by atoms with E-state index in [1.165, 1.54) is 17.1 Å². The maximum Gasteiger partial charge on any atom is 0.162 e. The number of benzene rings is 1. The molecular formula is C14H12ClN3S. The first-order valence-corrected chi connectivity index (χ1v) is 7.24. The van der Waals surface area contributed by atoms with E-state index in [0.717, 1.165) is 11.5 Å². The van der Waals surface area contributed by atoms with Gasteiger partial charge in [-0.2, -0.15) is 9.64 Å². The van der Waals surface area contributed by atoms with Gasteiger partial charge in [0, 0.05) is 6.54 Å². The Hall–Kier alpha value is -1.57. The van der Waals surface area contributed by atoms with Crippen molar-refractivity contribution >= 4 is 28.1 Å². The fraction of sp³-hybridized carbons (Fsp3) is 0.286. The summed E-state index contributed by atoms with van der Waals surface area (Å²) >= 11 is 7.26. The highest BCUT2D eigenvalue weighted by atomic mass is 35.5. The molecule has 0 amide bonds. The molecule has 2 unspecified atom stereocenters. The Morgan fingerprint density at radius 2 is 2.16 bits per heavy atom. The van der Waals surface area contributed by atoms with E-state index in [1.807, 2.05) is 18.2 Å². The lowest BCUT2D eigenvalue weighted by Gasteiger charge is -2.47. The molecule has 5 heteroatoms. The molecule has 1 aliphatic heterocycles. The van der Waals surface area contributed by atoms with E-state index in [2.05, 4.69) is 34.4 Å².